The molecule has 3 amide bonds. The van der Waals surface area contributed by atoms with Gasteiger partial charge in [0, 0.05) is 25.8 Å². The van der Waals surface area contributed by atoms with Crippen molar-refractivity contribution in [2.24, 2.45) is 11.5 Å². The Morgan fingerprint density at radius 3 is 1.29 bits per heavy atom. The van der Waals surface area contributed by atoms with Crippen LogP contribution in [0.15, 0.2) is 0 Å². The van der Waals surface area contributed by atoms with Gasteiger partial charge in [-0.2, -0.15) is 0 Å². The molecule has 0 unspecified atom stereocenters. The summed E-state index contributed by atoms with van der Waals surface area (Å²) in [5.41, 5.74) is 10.8. The van der Waals surface area contributed by atoms with Crippen LogP contribution in [0.2, 0.25) is 0 Å². The van der Waals surface area contributed by atoms with Gasteiger partial charge < -0.3 is 47.8 Å². The SMILES string of the molecule is NC[C@@H](NC(=O)[C@@H](CCC(=O)O)NC(=O)[C@@H](CCC(=O)O)NC(=O)[C@@H](N)CCC(=O)O)C(=O)O. The first-order valence-electron chi connectivity index (χ1n) is 10.0. The van der Waals surface area contributed by atoms with E-state index >= 15 is 0 Å². The lowest BCUT2D eigenvalue weighted by Gasteiger charge is -2.24. The maximum atomic E-state index is 12.7. The number of aliphatic carboxylic acids is 4. The first-order valence-corrected chi connectivity index (χ1v) is 10.0. The van der Waals surface area contributed by atoms with Crippen molar-refractivity contribution in [2.45, 2.75) is 62.7 Å². The molecule has 11 N–H and O–H groups in total. The summed E-state index contributed by atoms with van der Waals surface area (Å²) in [4.78, 5) is 80.9. The molecule has 192 valence electrons. The molecule has 0 aliphatic rings. The van der Waals surface area contributed by atoms with E-state index in [-0.39, 0.29) is 6.42 Å². The average Bonchev–Trinajstić information content (AvgIpc) is 2.74. The third-order valence-electron chi connectivity index (χ3n) is 4.42. The summed E-state index contributed by atoms with van der Waals surface area (Å²) in [6, 6.07) is -5.93. The first kappa shape index (κ1) is 30.2. The van der Waals surface area contributed by atoms with E-state index in [1.807, 2.05) is 5.32 Å². The van der Waals surface area contributed by atoms with Gasteiger partial charge in [-0.3, -0.25) is 28.8 Å². The normalized spacial score (nSPS) is 14.1. The van der Waals surface area contributed by atoms with Gasteiger partial charge in [-0.15, -0.1) is 0 Å². The second-order valence-electron chi connectivity index (χ2n) is 7.16. The van der Waals surface area contributed by atoms with Gasteiger partial charge in [-0.25, -0.2) is 4.79 Å². The molecule has 4 atom stereocenters. The highest BCUT2D eigenvalue weighted by atomic mass is 16.4. The number of carboxylic acid groups (broad SMARTS) is 4. The second kappa shape index (κ2) is 15.1. The zero-order valence-electron chi connectivity index (χ0n) is 18.1. The largest absolute Gasteiger partial charge is 0.481 e. The number of carboxylic acids is 4. The minimum Gasteiger partial charge on any atom is -0.481 e. The number of rotatable bonds is 17. The molecule has 0 aromatic carbocycles. The minimum atomic E-state index is -1.55. The summed E-state index contributed by atoms with van der Waals surface area (Å²) in [5, 5.41) is 41.9. The third kappa shape index (κ3) is 12.3. The fourth-order valence-corrected chi connectivity index (χ4v) is 2.53. The molecule has 0 heterocycles. The van der Waals surface area contributed by atoms with Crippen LogP contribution in [0.1, 0.15) is 38.5 Å². The van der Waals surface area contributed by atoms with Crippen LogP contribution in [-0.4, -0.2) is 92.7 Å². The van der Waals surface area contributed by atoms with Crippen LogP contribution in [0.4, 0.5) is 0 Å². The van der Waals surface area contributed by atoms with Gasteiger partial charge in [0.2, 0.25) is 17.7 Å². The van der Waals surface area contributed by atoms with Crippen molar-refractivity contribution in [3.63, 3.8) is 0 Å². The highest BCUT2D eigenvalue weighted by Crippen LogP contribution is 2.05. The van der Waals surface area contributed by atoms with Gasteiger partial charge in [-0.1, -0.05) is 0 Å². The Labute approximate surface area is 193 Å². The predicted octanol–water partition coefficient (Wildman–Crippen LogP) is -3.59. The van der Waals surface area contributed by atoms with E-state index in [1.54, 1.807) is 0 Å². The van der Waals surface area contributed by atoms with Crippen LogP contribution in [0.3, 0.4) is 0 Å². The molecule has 34 heavy (non-hydrogen) atoms. The molecular weight excluding hydrogens is 462 g/mol. The predicted molar refractivity (Wildman–Crippen MR) is 111 cm³/mol. The lowest BCUT2D eigenvalue weighted by Crippen LogP contribution is -2.58. The van der Waals surface area contributed by atoms with Gasteiger partial charge in [0.25, 0.3) is 0 Å². The second-order valence-corrected chi connectivity index (χ2v) is 7.16. The Bertz CT molecular complexity index is 788. The van der Waals surface area contributed by atoms with Gasteiger partial charge >= 0.3 is 23.9 Å². The number of nitrogens with one attached hydrogen (secondary N) is 3. The van der Waals surface area contributed by atoms with Crippen LogP contribution < -0.4 is 27.4 Å². The van der Waals surface area contributed by atoms with E-state index < -0.39 is 104 Å². The van der Waals surface area contributed by atoms with E-state index in [2.05, 4.69) is 10.6 Å². The highest BCUT2D eigenvalue weighted by Gasteiger charge is 2.30. The van der Waals surface area contributed by atoms with Crippen LogP contribution in [0.25, 0.3) is 0 Å². The minimum absolute atomic E-state index is 0.270. The van der Waals surface area contributed by atoms with Crippen molar-refractivity contribution in [3.05, 3.63) is 0 Å². The monoisotopic (exact) mass is 491 g/mol. The van der Waals surface area contributed by atoms with E-state index in [0.29, 0.717) is 0 Å². The Kier molecular flexibility index (Phi) is 13.4. The fourth-order valence-electron chi connectivity index (χ4n) is 2.53. The number of hydrogen-bond donors (Lipinski definition) is 9. The van der Waals surface area contributed by atoms with Crippen molar-refractivity contribution in [1.29, 1.82) is 0 Å². The molecule has 0 fully saturated rings. The van der Waals surface area contributed by atoms with Crippen LogP contribution in [-0.2, 0) is 33.6 Å². The quantitative estimate of drug-likeness (QED) is 0.0951. The molecule has 0 aromatic heterocycles. The number of carbonyl (C=O) groups is 7. The standard InChI is InChI=1S/C18H29N5O11/c19-7-11(18(33)34)23-17(32)10(3-6-14(28)29)22-16(31)9(2-5-13(26)27)21-15(30)8(20)1-4-12(24)25/h8-11H,1-7,19-20H2,(H,21,30)(H,22,31)(H,23,32)(H,24,25)(H,26,27)(H,28,29)(H,33,34)/t8-,9+,10+,11+/m0/s1. The number of carbonyl (C=O) groups excluding carboxylic acids is 3. The van der Waals surface area contributed by atoms with Gasteiger partial charge in [0.1, 0.15) is 18.1 Å². The average molecular weight is 491 g/mol. The molecule has 0 bridgehead atoms. The topological polar surface area (TPSA) is 289 Å². The summed E-state index contributed by atoms with van der Waals surface area (Å²) >= 11 is 0. The summed E-state index contributed by atoms with van der Waals surface area (Å²) in [6.45, 7) is -0.494. The molecule has 0 aromatic rings. The van der Waals surface area contributed by atoms with Crippen LogP contribution >= 0.6 is 0 Å². The number of nitrogens with two attached hydrogens (primary N) is 2. The molecule has 0 spiro atoms. The molecule has 0 rings (SSSR count). The lowest BCUT2D eigenvalue weighted by atomic mass is 10.1. The molecule has 16 heteroatoms. The lowest BCUT2D eigenvalue weighted by molar-refractivity contribution is -0.143. The number of hydrogen-bond acceptors (Lipinski definition) is 9. The molecule has 0 aliphatic heterocycles. The summed E-state index contributed by atoms with van der Waals surface area (Å²) in [5.74, 6) is -8.39. The Balaban J connectivity index is 5.52. The maximum absolute atomic E-state index is 12.7. The fraction of sp³-hybridized carbons (Fsp3) is 0.611. The van der Waals surface area contributed by atoms with Crippen molar-refractivity contribution in [1.82, 2.24) is 16.0 Å². The Morgan fingerprint density at radius 2 is 0.941 bits per heavy atom. The molecule has 0 saturated heterocycles. The summed E-state index contributed by atoms with van der Waals surface area (Å²) in [7, 11) is 0. The molecule has 0 radical (unpaired) electrons. The van der Waals surface area contributed by atoms with Gasteiger partial charge in [0.05, 0.1) is 6.04 Å². The summed E-state index contributed by atoms with van der Waals surface area (Å²) in [6.07, 6.45) is -2.78. The summed E-state index contributed by atoms with van der Waals surface area (Å²) < 4.78 is 0. The van der Waals surface area contributed by atoms with Crippen LogP contribution in [0.5, 0.6) is 0 Å². The molecule has 0 aliphatic carbocycles. The highest BCUT2D eigenvalue weighted by molar-refractivity contribution is 5.94. The molecule has 0 saturated carbocycles. The Hall–Kier alpha value is -3.79. The van der Waals surface area contributed by atoms with Crippen molar-refractivity contribution in [3.8, 4) is 0 Å². The van der Waals surface area contributed by atoms with Crippen molar-refractivity contribution in [2.75, 3.05) is 6.54 Å². The van der Waals surface area contributed by atoms with E-state index in [4.69, 9.17) is 31.9 Å². The Morgan fingerprint density at radius 1 is 0.588 bits per heavy atom. The zero-order valence-corrected chi connectivity index (χ0v) is 18.1. The van der Waals surface area contributed by atoms with E-state index in [0.717, 1.165) is 0 Å². The van der Waals surface area contributed by atoms with Gasteiger partial charge in [-0.05, 0) is 19.3 Å². The van der Waals surface area contributed by atoms with Gasteiger partial charge in [0.15, 0.2) is 0 Å². The van der Waals surface area contributed by atoms with E-state index in [1.165, 1.54) is 0 Å². The van der Waals surface area contributed by atoms with E-state index in [9.17, 15) is 33.6 Å². The molecule has 16 nitrogen and oxygen atoms in total. The third-order valence-corrected chi connectivity index (χ3v) is 4.42. The molecular formula is C18H29N5O11. The maximum Gasteiger partial charge on any atom is 0.327 e. The number of amides is 3. The van der Waals surface area contributed by atoms with Crippen molar-refractivity contribution < 1.29 is 54.0 Å². The van der Waals surface area contributed by atoms with Crippen molar-refractivity contribution >= 4 is 41.6 Å². The smallest absolute Gasteiger partial charge is 0.327 e. The zero-order chi connectivity index (χ0) is 26.4. The first-order chi connectivity index (χ1) is 15.8. The van der Waals surface area contributed by atoms with Crippen LogP contribution in [0, 0.1) is 0 Å².